The summed E-state index contributed by atoms with van der Waals surface area (Å²) in [5.74, 6) is 5.47. The van der Waals surface area contributed by atoms with Gasteiger partial charge in [-0.2, -0.15) is 0 Å². The SMILES string of the molecule is CC#CCNC(=O)CCOCCOCCOC(CCCNCC)SSC(C)(C)C. The number of nitrogens with one attached hydrogen (secondary N) is 2. The Bertz CT molecular complexity index is 462. The van der Waals surface area contributed by atoms with Crippen molar-refractivity contribution in [2.24, 2.45) is 0 Å². The maximum atomic E-state index is 11.5. The van der Waals surface area contributed by atoms with Crippen LogP contribution < -0.4 is 10.6 Å². The minimum absolute atomic E-state index is 0.0483. The molecule has 0 bridgehead atoms. The summed E-state index contributed by atoms with van der Waals surface area (Å²) in [5.41, 5.74) is 0.175. The summed E-state index contributed by atoms with van der Waals surface area (Å²) in [5, 5.41) is 6.06. The second-order valence-electron chi connectivity index (χ2n) is 7.27. The minimum Gasteiger partial charge on any atom is -0.379 e. The van der Waals surface area contributed by atoms with Crippen LogP contribution in [0.25, 0.3) is 0 Å². The van der Waals surface area contributed by atoms with Crippen LogP contribution in [0.5, 0.6) is 0 Å². The third kappa shape index (κ3) is 22.1. The average Bonchev–Trinajstić information content (AvgIpc) is 2.66. The van der Waals surface area contributed by atoms with E-state index in [4.69, 9.17) is 14.2 Å². The molecule has 0 heterocycles. The highest BCUT2D eigenvalue weighted by Crippen LogP contribution is 2.39. The molecule has 6 nitrogen and oxygen atoms in total. The largest absolute Gasteiger partial charge is 0.379 e. The molecule has 0 aliphatic rings. The van der Waals surface area contributed by atoms with Gasteiger partial charge in [0.05, 0.1) is 39.6 Å². The summed E-state index contributed by atoms with van der Waals surface area (Å²) in [6.45, 7) is 15.4. The van der Waals surface area contributed by atoms with E-state index in [1.54, 1.807) is 6.92 Å². The van der Waals surface area contributed by atoms with E-state index in [-0.39, 0.29) is 16.1 Å². The van der Waals surface area contributed by atoms with Gasteiger partial charge < -0.3 is 24.8 Å². The maximum absolute atomic E-state index is 11.5. The summed E-state index contributed by atoms with van der Waals surface area (Å²) in [6, 6.07) is 0. The predicted molar refractivity (Wildman–Crippen MR) is 125 cm³/mol. The summed E-state index contributed by atoms with van der Waals surface area (Å²) >= 11 is 0. The standard InChI is InChI=1S/C21H40N2O4S2/c1-6-8-13-23-19(24)11-14-25-15-16-26-17-18-27-20(10-9-12-22-7-2)28-29-21(3,4)5/h20,22H,7,9-18H2,1-5H3,(H,23,24). The number of amides is 1. The van der Waals surface area contributed by atoms with Crippen LogP contribution in [-0.4, -0.2) is 68.8 Å². The van der Waals surface area contributed by atoms with Gasteiger partial charge in [-0.05, 0) is 32.9 Å². The Morgan fingerprint density at radius 1 is 1.10 bits per heavy atom. The highest BCUT2D eigenvalue weighted by molar-refractivity contribution is 8.77. The van der Waals surface area contributed by atoms with Crippen molar-refractivity contribution in [2.75, 3.05) is 52.7 Å². The van der Waals surface area contributed by atoms with E-state index in [0.717, 1.165) is 25.9 Å². The van der Waals surface area contributed by atoms with Crippen LogP contribution in [0.1, 0.15) is 53.9 Å². The number of hydrogen-bond acceptors (Lipinski definition) is 7. The van der Waals surface area contributed by atoms with Crippen molar-refractivity contribution in [3.05, 3.63) is 0 Å². The Morgan fingerprint density at radius 2 is 1.79 bits per heavy atom. The molecule has 2 N–H and O–H groups in total. The highest BCUT2D eigenvalue weighted by Gasteiger charge is 2.17. The molecule has 29 heavy (non-hydrogen) atoms. The van der Waals surface area contributed by atoms with Crippen LogP contribution in [-0.2, 0) is 19.0 Å². The average molecular weight is 449 g/mol. The second-order valence-corrected chi connectivity index (χ2v) is 10.5. The number of rotatable bonds is 18. The van der Waals surface area contributed by atoms with Crippen molar-refractivity contribution < 1.29 is 19.0 Å². The van der Waals surface area contributed by atoms with Crippen LogP contribution in [0.15, 0.2) is 0 Å². The van der Waals surface area contributed by atoms with Crippen LogP contribution in [0.4, 0.5) is 0 Å². The van der Waals surface area contributed by atoms with Gasteiger partial charge in [0.2, 0.25) is 5.91 Å². The quantitative estimate of drug-likeness (QED) is 0.144. The van der Waals surface area contributed by atoms with Crippen LogP contribution in [0, 0.1) is 11.8 Å². The van der Waals surface area contributed by atoms with Crippen LogP contribution in [0.3, 0.4) is 0 Å². The molecule has 0 aliphatic heterocycles. The molecule has 0 saturated heterocycles. The van der Waals surface area contributed by atoms with Crippen molar-refractivity contribution >= 4 is 27.5 Å². The van der Waals surface area contributed by atoms with Crippen molar-refractivity contribution in [3.8, 4) is 11.8 Å². The molecule has 0 fully saturated rings. The molecule has 0 spiro atoms. The molecule has 8 heteroatoms. The summed E-state index contributed by atoms with van der Waals surface area (Å²) in [6.07, 6.45) is 2.46. The molecule has 1 unspecified atom stereocenters. The van der Waals surface area contributed by atoms with E-state index in [1.165, 1.54) is 0 Å². The van der Waals surface area contributed by atoms with E-state index < -0.39 is 0 Å². The number of carbonyl (C=O) groups excluding carboxylic acids is 1. The zero-order valence-electron chi connectivity index (χ0n) is 18.8. The Kier molecular flexibility index (Phi) is 19.2. The van der Waals surface area contributed by atoms with E-state index in [0.29, 0.717) is 46.0 Å². The van der Waals surface area contributed by atoms with Gasteiger partial charge in [-0.3, -0.25) is 4.79 Å². The zero-order valence-corrected chi connectivity index (χ0v) is 20.4. The van der Waals surface area contributed by atoms with Crippen molar-refractivity contribution in [3.63, 3.8) is 0 Å². The molecule has 1 atom stereocenters. The number of carbonyl (C=O) groups is 1. The van der Waals surface area contributed by atoms with Crippen LogP contribution >= 0.6 is 21.6 Å². The molecule has 0 rings (SSSR count). The predicted octanol–water partition coefficient (Wildman–Crippen LogP) is 3.46. The first-order chi connectivity index (χ1) is 13.9. The minimum atomic E-state index is -0.0483. The van der Waals surface area contributed by atoms with Gasteiger partial charge in [0, 0.05) is 11.2 Å². The van der Waals surface area contributed by atoms with Crippen LogP contribution in [0.2, 0.25) is 0 Å². The van der Waals surface area contributed by atoms with Crippen molar-refractivity contribution in [2.45, 2.75) is 64.1 Å². The first-order valence-electron chi connectivity index (χ1n) is 10.4. The van der Waals surface area contributed by atoms with E-state index in [1.807, 2.05) is 21.6 Å². The van der Waals surface area contributed by atoms with Crippen molar-refractivity contribution in [1.82, 2.24) is 10.6 Å². The fourth-order valence-corrected chi connectivity index (χ4v) is 4.43. The lowest BCUT2D eigenvalue weighted by molar-refractivity contribution is -0.122. The highest BCUT2D eigenvalue weighted by atomic mass is 33.1. The van der Waals surface area contributed by atoms with Gasteiger partial charge >= 0.3 is 0 Å². The second kappa shape index (κ2) is 19.5. The van der Waals surface area contributed by atoms with Gasteiger partial charge in [-0.1, -0.05) is 55.2 Å². The maximum Gasteiger partial charge on any atom is 0.223 e. The molecule has 0 saturated carbocycles. The number of ether oxygens (including phenoxy) is 3. The molecular formula is C21H40N2O4S2. The zero-order chi connectivity index (χ0) is 21.8. The van der Waals surface area contributed by atoms with E-state index in [9.17, 15) is 4.79 Å². The molecule has 0 aromatic carbocycles. The first-order valence-corrected chi connectivity index (χ1v) is 12.6. The van der Waals surface area contributed by atoms with Gasteiger partial charge in [-0.25, -0.2) is 0 Å². The third-order valence-electron chi connectivity index (χ3n) is 3.38. The number of hydrogen-bond donors (Lipinski definition) is 2. The van der Waals surface area contributed by atoms with E-state index in [2.05, 4.69) is 50.2 Å². The fraction of sp³-hybridized carbons (Fsp3) is 0.857. The summed E-state index contributed by atoms with van der Waals surface area (Å²) < 4.78 is 17.2. The lowest BCUT2D eigenvalue weighted by Crippen LogP contribution is -2.25. The molecular weight excluding hydrogens is 408 g/mol. The smallest absolute Gasteiger partial charge is 0.223 e. The molecule has 1 amide bonds. The lowest BCUT2D eigenvalue weighted by Gasteiger charge is -2.22. The summed E-state index contributed by atoms with van der Waals surface area (Å²) in [7, 11) is 3.67. The lowest BCUT2D eigenvalue weighted by atomic mass is 10.3. The Labute approximate surface area is 185 Å². The normalized spacial score (nSPS) is 12.3. The topological polar surface area (TPSA) is 68.8 Å². The summed E-state index contributed by atoms with van der Waals surface area (Å²) in [4.78, 5) is 11.5. The molecule has 0 aromatic rings. The Morgan fingerprint density at radius 3 is 2.45 bits per heavy atom. The Balaban J connectivity index is 3.73. The monoisotopic (exact) mass is 448 g/mol. The first kappa shape index (κ1) is 28.6. The molecule has 0 aromatic heterocycles. The fourth-order valence-electron chi connectivity index (χ4n) is 1.97. The van der Waals surface area contributed by atoms with Gasteiger partial charge in [-0.15, -0.1) is 5.92 Å². The third-order valence-corrected chi connectivity index (χ3v) is 6.99. The molecule has 170 valence electrons. The molecule has 0 radical (unpaired) electrons. The van der Waals surface area contributed by atoms with Crippen molar-refractivity contribution in [1.29, 1.82) is 0 Å². The Hall–Kier alpha value is -0.430. The van der Waals surface area contributed by atoms with E-state index >= 15 is 0 Å². The van der Waals surface area contributed by atoms with Gasteiger partial charge in [0.1, 0.15) is 5.44 Å². The molecule has 0 aliphatic carbocycles. The van der Waals surface area contributed by atoms with Gasteiger partial charge in [0.25, 0.3) is 0 Å². The van der Waals surface area contributed by atoms with Gasteiger partial charge in [0.15, 0.2) is 0 Å².